The zero-order valence-electron chi connectivity index (χ0n) is 16.0. The molecule has 0 radical (unpaired) electrons. The van der Waals surface area contributed by atoms with Crippen molar-refractivity contribution in [1.29, 1.82) is 0 Å². The van der Waals surface area contributed by atoms with E-state index in [-0.39, 0.29) is 0 Å². The summed E-state index contributed by atoms with van der Waals surface area (Å²) in [7, 11) is 1.69. The van der Waals surface area contributed by atoms with Crippen LogP contribution in [0.1, 0.15) is 24.5 Å². The summed E-state index contributed by atoms with van der Waals surface area (Å²) in [5.41, 5.74) is 4.04. The van der Waals surface area contributed by atoms with E-state index in [4.69, 9.17) is 9.47 Å². The van der Waals surface area contributed by atoms with Crippen LogP contribution in [0.3, 0.4) is 0 Å². The third-order valence-electron chi connectivity index (χ3n) is 4.94. The zero-order valence-corrected chi connectivity index (χ0v) is 16.0. The number of hydrogen-bond donors (Lipinski definition) is 1. The van der Waals surface area contributed by atoms with Crippen LogP contribution >= 0.6 is 0 Å². The highest BCUT2D eigenvalue weighted by molar-refractivity contribution is 5.65. The summed E-state index contributed by atoms with van der Waals surface area (Å²) in [5, 5.41) is 3.47. The van der Waals surface area contributed by atoms with Gasteiger partial charge in [0.05, 0.1) is 12.8 Å². The van der Waals surface area contributed by atoms with Gasteiger partial charge in [0, 0.05) is 19.6 Å². The average Bonchev–Trinajstić information content (AvgIpc) is 2.70. The first kappa shape index (κ1) is 18.6. The number of hydrogen-bond acceptors (Lipinski definition) is 4. The Balaban J connectivity index is 1.42. The van der Waals surface area contributed by atoms with E-state index in [1.54, 1.807) is 7.11 Å². The van der Waals surface area contributed by atoms with Crippen molar-refractivity contribution < 1.29 is 9.47 Å². The van der Waals surface area contributed by atoms with Crippen molar-refractivity contribution in [2.45, 2.75) is 26.2 Å². The van der Waals surface area contributed by atoms with Crippen molar-refractivity contribution in [3.8, 4) is 11.5 Å². The number of methoxy groups -OCH3 is 1. The van der Waals surface area contributed by atoms with Crippen molar-refractivity contribution in [3.05, 3.63) is 53.6 Å². The second-order valence-corrected chi connectivity index (χ2v) is 6.64. The van der Waals surface area contributed by atoms with Crippen molar-refractivity contribution in [2.75, 3.05) is 44.8 Å². The van der Waals surface area contributed by atoms with Gasteiger partial charge in [-0.2, -0.15) is 0 Å². The van der Waals surface area contributed by atoms with Gasteiger partial charge < -0.3 is 19.7 Å². The van der Waals surface area contributed by atoms with E-state index in [9.17, 15) is 0 Å². The molecule has 1 N–H and O–H groups in total. The van der Waals surface area contributed by atoms with E-state index in [1.807, 2.05) is 12.1 Å². The number of benzene rings is 2. The van der Waals surface area contributed by atoms with Gasteiger partial charge >= 0.3 is 0 Å². The van der Waals surface area contributed by atoms with Crippen LogP contribution in [0, 0.1) is 0 Å². The first-order chi connectivity index (χ1) is 12.8. The van der Waals surface area contributed by atoms with Crippen molar-refractivity contribution in [1.82, 2.24) is 5.32 Å². The summed E-state index contributed by atoms with van der Waals surface area (Å²) in [6.07, 6.45) is 3.40. The molecule has 4 nitrogen and oxygen atoms in total. The molecule has 1 aliphatic rings. The van der Waals surface area contributed by atoms with Gasteiger partial charge in [-0.05, 0) is 62.1 Å². The SMILES string of the molecule is CCN1CCCc2cccc(OCCNCCc3ccc(OC)cc3)c21. The van der Waals surface area contributed by atoms with Crippen molar-refractivity contribution >= 4 is 5.69 Å². The Morgan fingerprint density at radius 2 is 1.92 bits per heavy atom. The third kappa shape index (κ3) is 4.70. The fraction of sp³-hybridized carbons (Fsp3) is 0.455. The van der Waals surface area contributed by atoms with Crippen molar-refractivity contribution in [2.24, 2.45) is 0 Å². The molecule has 0 saturated carbocycles. The van der Waals surface area contributed by atoms with Crippen LogP contribution in [-0.2, 0) is 12.8 Å². The lowest BCUT2D eigenvalue weighted by Gasteiger charge is -2.32. The molecule has 0 aromatic heterocycles. The molecule has 0 bridgehead atoms. The number of rotatable bonds is 9. The molecular weight excluding hydrogens is 324 g/mol. The van der Waals surface area contributed by atoms with Gasteiger partial charge in [-0.15, -0.1) is 0 Å². The summed E-state index contributed by atoms with van der Waals surface area (Å²) in [5.74, 6) is 1.93. The Hall–Kier alpha value is -2.20. The minimum atomic E-state index is 0.691. The number of nitrogens with zero attached hydrogens (tertiary/aromatic N) is 1. The molecule has 0 unspecified atom stereocenters. The Kier molecular flexibility index (Phi) is 6.78. The summed E-state index contributed by atoms with van der Waals surface area (Å²) in [6, 6.07) is 14.7. The molecular formula is C22H30N2O2. The van der Waals surface area contributed by atoms with Gasteiger partial charge in [0.2, 0.25) is 0 Å². The number of nitrogens with one attached hydrogen (secondary N) is 1. The first-order valence-electron chi connectivity index (χ1n) is 9.65. The van der Waals surface area contributed by atoms with E-state index in [1.165, 1.54) is 23.2 Å². The third-order valence-corrected chi connectivity index (χ3v) is 4.94. The van der Waals surface area contributed by atoms with Crippen LogP contribution in [0.4, 0.5) is 5.69 Å². The lowest BCUT2D eigenvalue weighted by atomic mass is 10.0. The summed E-state index contributed by atoms with van der Waals surface area (Å²) >= 11 is 0. The Bertz CT molecular complexity index is 685. The van der Waals surface area contributed by atoms with Gasteiger partial charge in [-0.3, -0.25) is 0 Å². The predicted octanol–water partition coefficient (Wildman–Crippen LogP) is 3.68. The monoisotopic (exact) mass is 354 g/mol. The van der Waals surface area contributed by atoms with Gasteiger partial charge in [-0.25, -0.2) is 0 Å². The fourth-order valence-electron chi connectivity index (χ4n) is 3.52. The Labute approximate surface area is 157 Å². The highest BCUT2D eigenvalue weighted by Crippen LogP contribution is 2.36. The summed E-state index contributed by atoms with van der Waals surface area (Å²) in [4.78, 5) is 2.44. The van der Waals surface area contributed by atoms with Crippen LogP contribution in [0.2, 0.25) is 0 Å². The molecule has 2 aromatic rings. The topological polar surface area (TPSA) is 33.7 Å². The predicted molar refractivity (Wildman–Crippen MR) is 108 cm³/mol. The minimum absolute atomic E-state index is 0.691. The molecule has 0 aliphatic carbocycles. The first-order valence-corrected chi connectivity index (χ1v) is 9.65. The normalized spacial score (nSPS) is 13.4. The highest BCUT2D eigenvalue weighted by atomic mass is 16.5. The van der Waals surface area contributed by atoms with E-state index < -0.39 is 0 Å². The maximum atomic E-state index is 6.10. The molecule has 1 aliphatic heterocycles. The van der Waals surface area contributed by atoms with Crippen LogP contribution in [0.15, 0.2) is 42.5 Å². The highest BCUT2D eigenvalue weighted by Gasteiger charge is 2.19. The maximum absolute atomic E-state index is 6.10. The van der Waals surface area contributed by atoms with Gasteiger partial charge in [-0.1, -0.05) is 24.3 Å². The van der Waals surface area contributed by atoms with Gasteiger partial charge in [0.1, 0.15) is 18.1 Å². The molecule has 1 heterocycles. The second-order valence-electron chi connectivity index (χ2n) is 6.64. The molecule has 26 heavy (non-hydrogen) atoms. The van der Waals surface area contributed by atoms with E-state index in [2.05, 4.69) is 47.5 Å². The molecule has 0 fully saturated rings. The molecule has 140 valence electrons. The molecule has 0 saturated heterocycles. The zero-order chi connectivity index (χ0) is 18.2. The van der Waals surface area contributed by atoms with Crippen LogP contribution in [0.5, 0.6) is 11.5 Å². The van der Waals surface area contributed by atoms with E-state index >= 15 is 0 Å². The lowest BCUT2D eigenvalue weighted by Crippen LogP contribution is -2.30. The molecule has 0 amide bonds. The van der Waals surface area contributed by atoms with Crippen molar-refractivity contribution in [3.63, 3.8) is 0 Å². The molecule has 4 heteroatoms. The minimum Gasteiger partial charge on any atom is -0.497 e. The number of anilines is 1. The summed E-state index contributed by atoms with van der Waals surface area (Å²) < 4.78 is 11.3. The fourth-order valence-corrected chi connectivity index (χ4v) is 3.52. The second kappa shape index (κ2) is 9.48. The van der Waals surface area contributed by atoms with E-state index in [0.29, 0.717) is 6.61 Å². The number of aryl methyl sites for hydroxylation is 1. The standard InChI is InChI=1S/C22H30N2O2/c1-3-24-16-5-7-19-6-4-8-21(22(19)24)26-17-15-23-14-13-18-9-11-20(25-2)12-10-18/h4,6,8-12,23H,3,5,7,13-17H2,1-2H3. The number of fused-ring (bicyclic) bond motifs is 1. The molecule has 0 atom stereocenters. The number of ether oxygens (including phenoxy) is 2. The maximum Gasteiger partial charge on any atom is 0.142 e. The Morgan fingerprint density at radius 3 is 2.69 bits per heavy atom. The van der Waals surface area contributed by atoms with Crippen LogP contribution < -0.4 is 19.7 Å². The Morgan fingerprint density at radius 1 is 1.08 bits per heavy atom. The van der Waals surface area contributed by atoms with Crippen LogP contribution in [0.25, 0.3) is 0 Å². The lowest BCUT2D eigenvalue weighted by molar-refractivity contribution is 0.314. The number of para-hydroxylation sites is 1. The molecule has 3 rings (SSSR count). The van der Waals surface area contributed by atoms with E-state index in [0.717, 1.165) is 50.5 Å². The summed E-state index contributed by atoms with van der Waals surface area (Å²) in [6.45, 7) is 6.87. The molecule has 2 aromatic carbocycles. The van der Waals surface area contributed by atoms with Gasteiger partial charge in [0.25, 0.3) is 0 Å². The molecule has 0 spiro atoms. The smallest absolute Gasteiger partial charge is 0.142 e. The largest absolute Gasteiger partial charge is 0.497 e. The van der Waals surface area contributed by atoms with Gasteiger partial charge in [0.15, 0.2) is 0 Å². The average molecular weight is 354 g/mol. The quantitative estimate of drug-likeness (QED) is 0.697. The van der Waals surface area contributed by atoms with Crippen LogP contribution in [-0.4, -0.2) is 39.9 Å².